The van der Waals surface area contributed by atoms with E-state index in [1.54, 1.807) is 0 Å². The van der Waals surface area contributed by atoms with Crippen LogP contribution in [-0.2, 0) is 22.6 Å². The molecule has 0 radical (unpaired) electrons. The molecule has 2 amide bonds. The highest BCUT2D eigenvalue weighted by molar-refractivity contribution is 5.91. The van der Waals surface area contributed by atoms with Gasteiger partial charge in [0.2, 0.25) is 11.8 Å². The Kier molecular flexibility index (Phi) is 7.60. The van der Waals surface area contributed by atoms with Gasteiger partial charge in [0.1, 0.15) is 18.1 Å². The van der Waals surface area contributed by atoms with E-state index < -0.39 is 0 Å². The normalized spacial score (nSPS) is 14.2. The molecule has 0 atom stereocenters. The van der Waals surface area contributed by atoms with E-state index in [4.69, 9.17) is 9.72 Å². The van der Waals surface area contributed by atoms with Crippen LogP contribution in [-0.4, -0.2) is 34.5 Å². The van der Waals surface area contributed by atoms with Crippen molar-refractivity contribution >= 4 is 28.5 Å². The second-order valence-electron chi connectivity index (χ2n) is 8.48. The van der Waals surface area contributed by atoms with Gasteiger partial charge in [-0.05, 0) is 56.2 Å². The maximum Gasteiger partial charge on any atom is 0.244 e. The molecule has 1 saturated carbocycles. The number of benzene rings is 2. The molecule has 1 heterocycles. The first-order valence-electron chi connectivity index (χ1n) is 11.9. The third kappa shape index (κ3) is 5.92. The average molecular weight is 449 g/mol. The van der Waals surface area contributed by atoms with Gasteiger partial charge in [0.15, 0.2) is 0 Å². The number of ether oxygens (including phenoxy) is 1. The Labute approximate surface area is 194 Å². The second kappa shape index (κ2) is 11.0. The second-order valence-corrected chi connectivity index (χ2v) is 8.48. The number of nitrogens with zero attached hydrogens (tertiary/aromatic N) is 2. The molecule has 0 saturated heterocycles. The number of imidazole rings is 1. The van der Waals surface area contributed by atoms with Gasteiger partial charge in [-0.15, -0.1) is 0 Å². The van der Waals surface area contributed by atoms with E-state index in [0.29, 0.717) is 25.3 Å². The van der Waals surface area contributed by atoms with E-state index in [1.807, 2.05) is 60.0 Å². The molecule has 1 fully saturated rings. The molecule has 2 N–H and O–H groups in total. The third-order valence-electron chi connectivity index (χ3n) is 6.11. The van der Waals surface area contributed by atoms with Crippen molar-refractivity contribution < 1.29 is 14.3 Å². The van der Waals surface area contributed by atoms with Gasteiger partial charge in [0.05, 0.1) is 17.6 Å². The van der Waals surface area contributed by atoms with Gasteiger partial charge < -0.3 is 19.9 Å². The van der Waals surface area contributed by atoms with Crippen molar-refractivity contribution in [2.75, 3.05) is 18.5 Å². The van der Waals surface area contributed by atoms with Gasteiger partial charge in [-0.1, -0.05) is 31.4 Å². The SMILES string of the molecule is CCOc1ccc(NC(=O)Cn2c(CCNC(=O)C3CCCCC3)nc3ccccc32)cc1. The maximum absolute atomic E-state index is 12.8. The highest BCUT2D eigenvalue weighted by Crippen LogP contribution is 2.23. The van der Waals surface area contributed by atoms with Crippen molar-refractivity contribution in [3.63, 3.8) is 0 Å². The highest BCUT2D eigenvalue weighted by atomic mass is 16.5. The fourth-order valence-corrected chi connectivity index (χ4v) is 4.44. The molecular weight excluding hydrogens is 416 g/mol. The van der Waals surface area contributed by atoms with Gasteiger partial charge in [0, 0.05) is 24.6 Å². The Bertz CT molecular complexity index is 1080. The van der Waals surface area contributed by atoms with Crippen LogP contribution in [0, 0.1) is 5.92 Å². The number of nitrogens with one attached hydrogen (secondary N) is 2. The fourth-order valence-electron chi connectivity index (χ4n) is 4.44. The van der Waals surface area contributed by atoms with Crippen molar-refractivity contribution in [3.8, 4) is 5.75 Å². The Balaban J connectivity index is 1.41. The molecule has 0 aliphatic heterocycles. The summed E-state index contributed by atoms with van der Waals surface area (Å²) < 4.78 is 7.39. The molecule has 7 nitrogen and oxygen atoms in total. The molecular formula is C26H32N4O3. The number of amides is 2. The maximum atomic E-state index is 12.8. The van der Waals surface area contributed by atoms with Gasteiger partial charge in [0.25, 0.3) is 0 Å². The molecule has 1 aliphatic carbocycles. The van der Waals surface area contributed by atoms with E-state index in [-0.39, 0.29) is 24.3 Å². The van der Waals surface area contributed by atoms with Crippen molar-refractivity contribution in [2.24, 2.45) is 5.92 Å². The van der Waals surface area contributed by atoms with Crippen molar-refractivity contribution in [1.29, 1.82) is 0 Å². The summed E-state index contributed by atoms with van der Waals surface area (Å²) in [6, 6.07) is 15.1. The Morgan fingerprint density at radius 1 is 1.06 bits per heavy atom. The van der Waals surface area contributed by atoms with Crippen LogP contribution in [0.15, 0.2) is 48.5 Å². The number of carbonyl (C=O) groups excluding carboxylic acids is 2. The van der Waals surface area contributed by atoms with Crippen molar-refractivity contribution in [1.82, 2.24) is 14.9 Å². The van der Waals surface area contributed by atoms with E-state index in [9.17, 15) is 9.59 Å². The number of carbonyl (C=O) groups is 2. The van der Waals surface area contributed by atoms with Gasteiger partial charge >= 0.3 is 0 Å². The lowest BCUT2D eigenvalue weighted by Crippen LogP contribution is -2.33. The summed E-state index contributed by atoms with van der Waals surface area (Å²) >= 11 is 0. The Morgan fingerprint density at radius 2 is 1.82 bits per heavy atom. The molecule has 0 bridgehead atoms. The Hall–Kier alpha value is -3.35. The summed E-state index contributed by atoms with van der Waals surface area (Å²) in [6.45, 7) is 3.20. The minimum absolute atomic E-state index is 0.130. The molecule has 174 valence electrons. The lowest BCUT2D eigenvalue weighted by molar-refractivity contribution is -0.125. The van der Waals surface area contributed by atoms with Crippen molar-refractivity contribution in [2.45, 2.75) is 52.0 Å². The van der Waals surface area contributed by atoms with E-state index in [2.05, 4.69) is 10.6 Å². The minimum Gasteiger partial charge on any atom is -0.494 e. The molecule has 7 heteroatoms. The molecule has 33 heavy (non-hydrogen) atoms. The number of hydrogen-bond acceptors (Lipinski definition) is 4. The van der Waals surface area contributed by atoms with Crippen LogP contribution >= 0.6 is 0 Å². The summed E-state index contributed by atoms with van der Waals surface area (Å²) in [5.74, 6) is 1.72. The standard InChI is InChI=1S/C26H32N4O3/c1-2-33-21-14-12-20(13-15-21)28-25(31)18-30-23-11-7-6-10-22(23)29-24(30)16-17-27-26(32)19-8-4-3-5-9-19/h6-7,10-15,19H,2-5,8-9,16-18H2,1H3,(H,27,32)(H,28,31). The Morgan fingerprint density at radius 3 is 2.58 bits per heavy atom. The summed E-state index contributed by atoms with van der Waals surface area (Å²) in [7, 11) is 0. The summed E-state index contributed by atoms with van der Waals surface area (Å²) in [6.07, 6.45) is 6.04. The molecule has 1 aliphatic rings. The number of hydrogen-bond donors (Lipinski definition) is 2. The van der Waals surface area contributed by atoms with Crippen LogP contribution in [0.3, 0.4) is 0 Å². The minimum atomic E-state index is -0.130. The van der Waals surface area contributed by atoms with Crippen LogP contribution in [0.1, 0.15) is 44.9 Å². The molecule has 3 aromatic rings. The zero-order valence-corrected chi connectivity index (χ0v) is 19.2. The predicted octanol–water partition coefficient (Wildman–Crippen LogP) is 4.31. The van der Waals surface area contributed by atoms with Crippen LogP contribution < -0.4 is 15.4 Å². The van der Waals surface area contributed by atoms with Crippen molar-refractivity contribution in [3.05, 3.63) is 54.4 Å². The van der Waals surface area contributed by atoms with Gasteiger partial charge in [-0.3, -0.25) is 9.59 Å². The largest absolute Gasteiger partial charge is 0.494 e. The van der Waals surface area contributed by atoms with Crippen LogP contribution in [0.4, 0.5) is 5.69 Å². The number of aromatic nitrogens is 2. The third-order valence-corrected chi connectivity index (χ3v) is 6.11. The van der Waals surface area contributed by atoms with E-state index in [0.717, 1.165) is 48.3 Å². The van der Waals surface area contributed by atoms with E-state index >= 15 is 0 Å². The first kappa shape index (κ1) is 22.8. The van der Waals surface area contributed by atoms with E-state index in [1.165, 1.54) is 6.42 Å². The smallest absolute Gasteiger partial charge is 0.244 e. The quantitative estimate of drug-likeness (QED) is 0.511. The topological polar surface area (TPSA) is 85.2 Å². The lowest BCUT2D eigenvalue weighted by Gasteiger charge is -2.20. The fraction of sp³-hybridized carbons (Fsp3) is 0.423. The monoisotopic (exact) mass is 448 g/mol. The van der Waals surface area contributed by atoms with Gasteiger partial charge in [-0.25, -0.2) is 4.98 Å². The van der Waals surface area contributed by atoms with Gasteiger partial charge in [-0.2, -0.15) is 0 Å². The molecule has 1 aromatic heterocycles. The lowest BCUT2D eigenvalue weighted by atomic mass is 9.89. The highest BCUT2D eigenvalue weighted by Gasteiger charge is 2.21. The predicted molar refractivity (Wildman–Crippen MR) is 129 cm³/mol. The summed E-state index contributed by atoms with van der Waals surface area (Å²) in [5.41, 5.74) is 2.47. The molecule has 0 unspecified atom stereocenters. The average Bonchev–Trinajstić information content (AvgIpc) is 3.18. The number of anilines is 1. The molecule has 0 spiro atoms. The van der Waals surface area contributed by atoms with Crippen LogP contribution in [0.25, 0.3) is 11.0 Å². The number of para-hydroxylation sites is 2. The molecule has 2 aromatic carbocycles. The molecule has 4 rings (SSSR count). The first-order valence-corrected chi connectivity index (χ1v) is 11.9. The summed E-state index contributed by atoms with van der Waals surface area (Å²) in [4.78, 5) is 30.0. The first-order chi connectivity index (χ1) is 16.1. The zero-order chi connectivity index (χ0) is 23.0. The number of rotatable bonds is 9. The zero-order valence-electron chi connectivity index (χ0n) is 19.2. The van der Waals surface area contributed by atoms with Crippen LogP contribution in [0.5, 0.6) is 5.75 Å². The number of fused-ring (bicyclic) bond motifs is 1. The summed E-state index contributed by atoms with van der Waals surface area (Å²) in [5, 5.41) is 6.02. The van der Waals surface area contributed by atoms with Crippen LogP contribution in [0.2, 0.25) is 0 Å².